The maximum atomic E-state index is 5.65. The van der Waals surface area contributed by atoms with Crippen molar-refractivity contribution in [3.8, 4) is 0 Å². The van der Waals surface area contributed by atoms with Crippen molar-refractivity contribution in [1.82, 2.24) is 0 Å². The van der Waals surface area contributed by atoms with Crippen molar-refractivity contribution in [3.05, 3.63) is 12.6 Å². The van der Waals surface area contributed by atoms with Gasteiger partial charge in [0.15, 0.2) is 0 Å². The van der Waals surface area contributed by atoms with Crippen LogP contribution in [-0.4, -0.2) is 18.8 Å². The van der Waals surface area contributed by atoms with Crippen molar-refractivity contribution < 1.29 is 9.31 Å². The number of hydrogen-bond donors (Lipinski definition) is 0. The largest absolute Gasteiger partial charge is 0.486 e. The van der Waals surface area contributed by atoms with Crippen molar-refractivity contribution in [1.29, 1.82) is 0 Å². The Morgan fingerprint density at radius 1 is 1.50 bits per heavy atom. The molecule has 1 unspecified atom stereocenters. The van der Waals surface area contributed by atoms with Crippen LogP contribution in [0, 0.1) is 5.92 Å². The van der Waals surface area contributed by atoms with Crippen LogP contribution in [0.25, 0.3) is 0 Å². The molecule has 0 radical (unpaired) electrons. The minimum Gasteiger partial charge on any atom is -0.402 e. The fourth-order valence-electron chi connectivity index (χ4n) is 1.77. The van der Waals surface area contributed by atoms with E-state index in [1.54, 1.807) is 5.98 Å². The zero-order valence-corrected chi connectivity index (χ0v) is 8.33. The van der Waals surface area contributed by atoms with Gasteiger partial charge in [-0.25, -0.2) is 0 Å². The van der Waals surface area contributed by atoms with Crippen LogP contribution in [0.2, 0.25) is 0 Å². The van der Waals surface area contributed by atoms with Crippen molar-refractivity contribution in [3.63, 3.8) is 0 Å². The summed E-state index contributed by atoms with van der Waals surface area (Å²) in [6.07, 6.45) is 0.167. The Kier molecular flexibility index (Phi) is 2.64. The van der Waals surface area contributed by atoms with Gasteiger partial charge in [-0.1, -0.05) is 19.8 Å². The highest BCUT2D eigenvalue weighted by molar-refractivity contribution is 6.51. The van der Waals surface area contributed by atoms with E-state index in [1.807, 2.05) is 0 Å². The Morgan fingerprint density at radius 3 is 2.33 bits per heavy atom. The zero-order valence-electron chi connectivity index (χ0n) is 8.33. The second-order valence-corrected chi connectivity index (χ2v) is 4.13. The number of hydrogen-bond acceptors (Lipinski definition) is 2. The fraction of sp³-hybridized carbons (Fsp3) is 0.778. The van der Waals surface area contributed by atoms with Crippen LogP contribution in [0.4, 0.5) is 0 Å². The molecule has 0 aromatic carbocycles. The quantitative estimate of drug-likeness (QED) is 0.587. The molecule has 0 aromatic rings. The molecule has 68 valence electrons. The Bertz CT molecular complexity index is 177. The first-order valence-electron chi connectivity index (χ1n) is 4.43. The van der Waals surface area contributed by atoms with Crippen LogP contribution in [0.15, 0.2) is 12.6 Å². The smallest absolute Gasteiger partial charge is 0.402 e. The summed E-state index contributed by atoms with van der Waals surface area (Å²) < 4.78 is 11.3. The van der Waals surface area contributed by atoms with E-state index in [-0.39, 0.29) is 18.8 Å². The molecule has 0 saturated carbocycles. The van der Waals surface area contributed by atoms with Gasteiger partial charge >= 0.3 is 7.12 Å². The van der Waals surface area contributed by atoms with Crippen LogP contribution >= 0.6 is 0 Å². The van der Waals surface area contributed by atoms with E-state index in [0.717, 1.165) is 0 Å². The van der Waals surface area contributed by atoms with Gasteiger partial charge in [-0.15, -0.1) is 6.58 Å². The van der Waals surface area contributed by atoms with Crippen molar-refractivity contribution >= 4 is 7.12 Å². The summed E-state index contributed by atoms with van der Waals surface area (Å²) in [7, 11) is -0.229. The molecule has 0 aromatic heterocycles. The van der Waals surface area contributed by atoms with Crippen LogP contribution in [0.3, 0.4) is 0 Å². The third-order valence-electron chi connectivity index (χ3n) is 2.18. The second kappa shape index (κ2) is 3.23. The average molecular weight is 168 g/mol. The summed E-state index contributed by atoms with van der Waals surface area (Å²) in [5.74, 6) is 2.18. The topological polar surface area (TPSA) is 18.5 Å². The van der Waals surface area contributed by atoms with Gasteiger partial charge in [0.25, 0.3) is 0 Å². The molecule has 0 spiro atoms. The Hall–Kier alpha value is -0.275. The molecule has 1 atom stereocenters. The summed E-state index contributed by atoms with van der Waals surface area (Å²) in [6, 6.07) is 0. The summed E-state index contributed by atoms with van der Waals surface area (Å²) in [4.78, 5) is 0. The van der Waals surface area contributed by atoms with Gasteiger partial charge in [-0.2, -0.15) is 0 Å². The maximum absolute atomic E-state index is 5.65. The molecule has 2 nitrogen and oxygen atoms in total. The first-order chi connectivity index (χ1) is 5.47. The van der Waals surface area contributed by atoms with Crippen molar-refractivity contribution in [2.45, 2.75) is 39.4 Å². The summed E-state index contributed by atoms with van der Waals surface area (Å²) in [5.41, 5.74) is -0.187. The van der Waals surface area contributed by atoms with Gasteiger partial charge in [-0.3, -0.25) is 0 Å². The van der Waals surface area contributed by atoms with Gasteiger partial charge in [0.1, 0.15) is 0 Å². The number of rotatable bonds is 2. The molecule has 1 heterocycles. The van der Waals surface area contributed by atoms with Crippen molar-refractivity contribution in [2.24, 2.45) is 5.92 Å². The Morgan fingerprint density at radius 2 is 2.08 bits per heavy atom. The van der Waals surface area contributed by atoms with Crippen LogP contribution in [-0.2, 0) is 9.31 Å². The summed E-state index contributed by atoms with van der Waals surface area (Å²) in [6.45, 7) is 12.0. The standard InChI is InChI=1S/C9H17BO2/c1-6-10-11-8(7(2)3)9(4,5)12-10/h6-8H,1H2,2-5H3. The van der Waals surface area contributed by atoms with Crippen molar-refractivity contribution in [2.75, 3.05) is 0 Å². The van der Waals surface area contributed by atoms with Gasteiger partial charge in [0, 0.05) is 0 Å². The molecule has 0 N–H and O–H groups in total. The minimum atomic E-state index is -0.229. The molecule has 3 heteroatoms. The lowest BCUT2D eigenvalue weighted by Gasteiger charge is -2.28. The molecule has 0 aliphatic carbocycles. The predicted molar refractivity (Wildman–Crippen MR) is 50.8 cm³/mol. The SMILES string of the molecule is C=CB1OC(C(C)C)C(C)(C)O1. The molecule has 1 saturated heterocycles. The Labute approximate surface area is 75.1 Å². The molecule has 1 fully saturated rings. The average Bonchev–Trinajstić information content (AvgIpc) is 2.25. The molecular weight excluding hydrogens is 151 g/mol. The minimum absolute atomic E-state index is 0.167. The van der Waals surface area contributed by atoms with Gasteiger partial charge < -0.3 is 9.31 Å². The third kappa shape index (κ3) is 1.72. The van der Waals surface area contributed by atoms with Gasteiger partial charge in [-0.05, 0) is 19.8 Å². The highest BCUT2D eigenvalue weighted by Gasteiger charge is 2.45. The van der Waals surface area contributed by atoms with Gasteiger partial charge in [0.05, 0.1) is 11.7 Å². The molecule has 0 amide bonds. The van der Waals surface area contributed by atoms with Crippen LogP contribution in [0.1, 0.15) is 27.7 Å². The second-order valence-electron chi connectivity index (χ2n) is 4.13. The molecule has 0 bridgehead atoms. The monoisotopic (exact) mass is 168 g/mol. The Balaban J connectivity index is 2.70. The summed E-state index contributed by atoms with van der Waals surface area (Å²) in [5, 5.41) is 0. The van der Waals surface area contributed by atoms with E-state index in [2.05, 4.69) is 34.3 Å². The lowest BCUT2D eigenvalue weighted by Crippen LogP contribution is -2.36. The van der Waals surface area contributed by atoms with Crippen LogP contribution < -0.4 is 0 Å². The highest BCUT2D eigenvalue weighted by atomic mass is 16.7. The van der Waals surface area contributed by atoms with Crippen LogP contribution in [0.5, 0.6) is 0 Å². The normalized spacial score (nSPS) is 28.1. The van der Waals surface area contributed by atoms with Gasteiger partial charge in [0.2, 0.25) is 0 Å². The fourth-order valence-corrected chi connectivity index (χ4v) is 1.77. The van der Waals surface area contributed by atoms with E-state index in [0.29, 0.717) is 5.92 Å². The van der Waals surface area contributed by atoms with E-state index in [4.69, 9.17) is 9.31 Å². The predicted octanol–water partition coefficient (Wildman–Crippen LogP) is 2.05. The summed E-state index contributed by atoms with van der Waals surface area (Å²) >= 11 is 0. The molecule has 12 heavy (non-hydrogen) atoms. The maximum Gasteiger partial charge on any atom is 0.486 e. The lowest BCUT2D eigenvalue weighted by atomic mass is 9.92. The van der Waals surface area contributed by atoms with E-state index in [9.17, 15) is 0 Å². The van der Waals surface area contributed by atoms with E-state index < -0.39 is 0 Å². The van der Waals surface area contributed by atoms with E-state index >= 15 is 0 Å². The molecule has 1 rings (SSSR count). The molecular formula is C9H17BO2. The third-order valence-corrected chi connectivity index (χ3v) is 2.18. The first kappa shape index (κ1) is 9.81. The highest BCUT2D eigenvalue weighted by Crippen LogP contribution is 2.32. The molecule has 1 aliphatic heterocycles. The van der Waals surface area contributed by atoms with E-state index in [1.165, 1.54) is 0 Å². The first-order valence-corrected chi connectivity index (χ1v) is 4.43. The lowest BCUT2D eigenvalue weighted by molar-refractivity contribution is 0.0438. The molecule has 1 aliphatic rings. The zero-order chi connectivity index (χ0) is 9.35.